The van der Waals surface area contributed by atoms with Gasteiger partial charge in [-0.25, -0.2) is 0 Å². The molecule has 1 aliphatic rings. The van der Waals surface area contributed by atoms with Crippen molar-refractivity contribution in [3.8, 4) is 0 Å². The standard InChI is InChI=1S/C8H15NO2/c9-5-8(11)6-2-1-3-7(10)4-6/h6-7,10H,1-5,9H2/t6-,7-/m0/s1. The minimum atomic E-state index is -0.274. The number of hydrogen-bond acceptors (Lipinski definition) is 3. The van der Waals surface area contributed by atoms with Gasteiger partial charge in [-0.1, -0.05) is 6.42 Å². The first-order valence-corrected chi connectivity index (χ1v) is 4.15. The Hall–Kier alpha value is -0.410. The summed E-state index contributed by atoms with van der Waals surface area (Å²) in [5.41, 5.74) is 5.22. The van der Waals surface area contributed by atoms with Crippen LogP contribution >= 0.6 is 0 Å². The van der Waals surface area contributed by atoms with Crippen LogP contribution in [0, 0.1) is 5.92 Å². The molecule has 1 fully saturated rings. The van der Waals surface area contributed by atoms with Crippen molar-refractivity contribution in [1.29, 1.82) is 0 Å². The van der Waals surface area contributed by atoms with E-state index in [1.165, 1.54) is 0 Å². The van der Waals surface area contributed by atoms with Crippen LogP contribution in [-0.4, -0.2) is 23.5 Å². The molecule has 3 nitrogen and oxygen atoms in total. The van der Waals surface area contributed by atoms with Crippen LogP contribution in [0.5, 0.6) is 0 Å². The summed E-state index contributed by atoms with van der Waals surface area (Å²) in [6.07, 6.45) is 3.05. The third kappa shape index (κ3) is 2.27. The molecule has 0 amide bonds. The van der Waals surface area contributed by atoms with E-state index in [1.54, 1.807) is 0 Å². The second-order valence-corrected chi connectivity index (χ2v) is 3.19. The SMILES string of the molecule is NCC(=O)[C@H]1CCC[C@H](O)C1. The molecule has 3 heteroatoms. The van der Waals surface area contributed by atoms with Crippen LogP contribution in [0.15, 0.2) is 0 Å². The fourth-order valence-electron chi connectivity index (χ4n) is 1.62. The molecule has 0 aromatic heterocycles. The molecule has 0 radical (unpaired) electrons. The van der Waals surface area contributed by atoms with E-state index in [2.05, 4.69) is 0 Å². The molecular formula is C8H15NO2. The molecule has 1 rings (SSSR count). The molecule has 1 aliphatic carbocycles. The van der Waals surface area contributed by atoms with Crippen LogP contribution in [0.3, 0.4) is 0 Å². The molecule has 2 atom stereocenters. The highest BCUT2D eigenvalue weighted by molar-refractivity contribution is 5.82. The zero-order valence-corrected chi connectivity index (χ0v) is 6.62. The van der Waals surface area contributed by atoms with Crippen molar-refractivity contribution in [2.24, 2.45) is 11.7 Å². The Labute approximate surface area is 66.6 Å². The van der Waals surface area contributed by atoms with Gasteiger partial charge in [-0.2, -0.15) is 0 Å². The van der Waals surface area contributed by atoms with Crippen molar-refractivity contribution in [3.63, 3.8) is 0 Å². The van der Waals surface area contributed by atoms with Crippen molar-refractivity contribution < 1.29 is 9.90 Å². The third-order valence-electron chi connectivity index (χ3n) is 2.30. The summed E-state index contributed by atoms with van der Waals surface area (Å²) < 4.78 is 0. The Morgan fingerprint density at radius 3 is 2.82 bits per heavy atom. The molecule has 0 spiro atoms. The predicted molar refractivity (Wildman–Crippen MR) is 42.0 cm³/mol. The molecule has 0 aromatic carbocycles. The van der Waals surface area contributed by atoms with E-state index in [1.807, 2.05) is 0 Å². The quantitative estimate of drug-likeness (QED) is 0.596. The van der Waals surface area contributed by atoms with Crippen molar-refractivity contribution in [3.05, 3.63) is 0 Å². The summed E-state index contributed by atoms with van der Waals surface area (Å²) in [5.74, 6) is 0.132. The average Bonchev–Trinajstić information content (AvgIpc) is 2.03. The minimum absolute atomic E-state index is 0.0312. The fraction of sp³-hybridized carbons (Fsp3) is 0.875. The summed E-state index contributed by atoms with van der Waals surface area (Å²) in [6.45, 7) is 0.122. The Morgan fingerprint density at radius 2 is 2.27 bits per heavy atom. The lowest BCUT2D eigenvalue weighted by Gasteiger charge is -2.23. The van der Waals surface area contributed by atoms with Crippen LogP contribution in [0.1, 0.15) is 25.7 Å². The highest BCUT2D eigenvalue weighted by atomic mass is 16.3. The summed E-state index contributed by atoms with van der Waals surface area (Å²) >= 11 is 0. The smallest absolute Gasteiger partial charge is 0.149 e. The number of carbonyl (C=O) groups is 1. The van der Waals surface area contributed by atoms with E-state index in [9.17, 15) is 9.90 Å². The number of Topliss-reactive ketones (excluding diaryl/α,β-unsaturated/α-hetero) is 1. The topological polar surface area (TPSA) is 63.3 Å². The van der Waals surface area contributed by atoms with Crippen molar-refractivity contribution in [2.45, 2.75) is 31.8 Å². The van der Waals surface area contributed by atoms with E-state index < -0.39 is 0 Å². The molecule has 0 aromatic rings. The second kappa shape index (κ2) is 3.83. The number of hydrogen-bond donors (Lipinski definition) is 2. The Bertz CT molecular complexity index is 147. The van der Waals surface area contributed by atoms with Crippen molar-refractivity contribution >= 4 is 5.78 Å². The van der Waals surface area contributed by atoms with Crippen molar-refractivity contribution in [2.75, 3.05) is 6.54 Å². The molecule has 1 saturated carbocycles. The van der Waals surface area contributed by atoms with Gasteiger partial charge in [0.05, 0.1) is 12.6 Å². The molecule has 11 heavy (non-hydrogen) atoms. The van der Waals surface area contributed by atoms with Gasteiger partial charge in [-0.15, -0.1) is 0 Å². The van der Waals surface area contributed by atoms with Gasteiger partial charge < -0.3 is 10.8 Å². The first-order valence-electron chi connectivity index (χ1n) is 4.15. The maximum absolute atomic E-state index is 11.1. The highest BCUT2D eigenvalue weighted by Crippen LogP contribution is 2.24. The molecular weight excluding hydrogens is 142 g/mol. The van der Waals surface area contributed by atoms with Gasteiger partial charge in [0.15, 0.2) is 0 Å². The maximum atomic E-state index is 11.1. The molecule has 0 heterocycles. The first kappa shape index (κ1) is 8.68. The highest BCUT2D eigenvalue weighted by Gasteiger charge is 2.24. The summed E-state index contributed by atoms with van der Waals surface area (Å²) in [7, 11) is 0. The van der Waals surface area contributed by atoms with Gasteiger partial charge in [-0.05, 0) is 19.3 Å². The fourth-order valence-corrected chi connectivity index (χ4v) is 1.62. The number of rotatable bonds is 2. The van der Waals surface area contributed by atoms with Crippen LogP contribution in [0.25, 0.3) is 0 Å². The van der Waals surface area contributed by atoms with Gasteiger partial charge in [-0.3, -0.25) is 4.79 Å². The molecule has 3 N–H and O–H groups in total. The lowest BCUT2D eigenvalue weighted by molar-refractivity contribution is -0.123. The van der Waals surface area contributed by atoms with Gasteiger partial charge >= 0.3 is 0 Å². The molecule has 0 saturated heterocycles. The Morgan fingerprint density at radius 1 is 1.55 bits per heavy atom. The van der Waals surface area contributed by atoms with Crippen LogP contribution in [-0.2, 0) is 4.79 Å². The summed E-state index contributed by atoms with van der Waals surface area (Å²) in [5, 5.41) is 9.23. The van der Waals surface area contributed by atoms with E-state index in [4.69, 9.17) is 5.73 Å². The van der Waals surface area contributed by atoms with Gasteiger partial charge in [0, 0.05) is 5.92 Å². The Balaban J connectivity index is 2.39. The monoisotopic (exact) mass is 157 g/mol. The van der Waals surface area contributed by atoms with Crippen LogP contribution in [0.4, 0.5) is 0 Å². The summed E-state index contributed by atoms with van der Waals surface area (Å²) in [4.78, 5) is 11.1. The third-order valence-corrected chi connectivity index (χ3v) is 2.30. The number of aliphatic hydroxyl groups excluding tert-OH is 1. The lowest BCUT2D eigenvalue weighted by Crippen LogP contribution is -2.29. The van der Waals surface area contributed by atoms with Crippen LogP contribution < -0.4 is 5.73 Å². The van der Waals surface area contributed by atoms with Crippen molar-refractivity contribution in [1.82, 2.24) is 0 Å². The van der Waals surface area contributed by atoms with E-state index in [-0.39, 0.29) is 24.3 Å². The van der Waals surface area contributed by atoms with E-state index in [0.717, 1.165) is 19.3 Å². The zero-order chi connectivity index (χ0) is 8.27. The number of carbonyl (C=O) groups excluding carboxylic acids is 1. The second-order valence-electron chi connectivity index (χ2n) is 3.19. The minimum Gasteiger partial charge on any atom is -0.393 e. The predicted octanol–water partition coefficient (Wildman–Crippen LogP) is 0.0653. The zero-order valence-electron chi connectivity index (χ0n) is 6.62. The summed E-state index contributed by atoms with van der Waals surface area (Å²) in [6, 6.07) is 0. The molecule has 0 aliphatic heterocycles. The van der Waals surface area contributed by atoms with Gasteiger partial charge in [0.1, 0.15) is 5.78 Å². The maximum Gasteiger partial charge on any atom is 0.149 e. The van der Waals surface area contributed by atoms with Crippen LogP contribution in [0.2, 0.25) is 0 Å². The number of aliphatic hydroxyl groups is 1. The molecule has 0 bridgehead atoms. The first-order chi connectivity index (χ1) is 5.24. The lowest BCUT2D eigenvalue weighted by atomic mass is 9.84. The largest absolute Gasteiger partial charge is 0.393 e. The normalized spacial score (nSPS) is 31.8. The molecule has 64 valence electrons. The average molecular weight is 157 g/mol. The van der Waals surface area contributed by atoms with E-state index >= 15 is 0 Å². The number of nitrogens with two attached hydrogens (primary N) is 1. The van der Waals surface area contributed by atoms with Gasteiger partial charge in [0.25, 0.3) is 0 Å². The van der Waals surface area contributed by atoms with E-state index in [0.29, 0.717) is 6.42 Å². The number of ketones is 1. The van der Waals surface area contributed by atoms with Gasteiger partial charge in [0.2, 0.25) is 0 Å². The Kier molecular flexibility index (Phi) is 3.02. The molecule has 0 unspecified atom stereocenters.